The number of sulfonamides is 1. The number of halogens is 1. The van der Waals surface area contributed by atoms with E-state index >= 15 is 0 Å². The van der Waals surface area contributed by atoms with Crippen molar-refractivity contribution in [3.63, 3.8) is 0 Å². The number of methoxy groups -OCH3 is 1. The average molecular weight is 391 g/mol. The number of ether oxygens (including phenoxy) is 2. The average Bonchev–Trinajstić information content (AvgIpc) is 2.59. The van der Waals surface area contributed by atoms with Crippen molar-refractivity contribution in [3.8, 4) is 5.75 Å². The minimum absolute atomic E-state index is 0.114. The van der Waals surface area contributed by atoms with Gasteiger partial charge in [-0.15, -0.1) is 0 Å². The van der Waals surface area contributed by atoms with Gasteiger partial charge >= 0.3 is 0 Å². The highest BCUT2D eigenvalue weighted by molar-refractivity contribution is 7.88. The first kappa shape index (κ1) is 20.0. The molecule has 9 heteroatoms. The molecular weight excluding hydrogens is 368 g/mol. The molecule has 0 aliphatic carbocycles. The fourth-order valence-corrected chi connectivity index (χ4v) is 3.64. The van der Waals surface area contributed by atoms with E-state index in [9.17, 15) is 13.2 Å². The van der Waals surface area contributed by atoms with E-state index in [0.717, 1.165) is 0 Å². The normalized spacial score (nSPS) is 17.9. The number of hydrogen-bond acceptors (Lipinski definition) is 5. The number of nitrogens with one attached hydrogen (secondary N) is 1. The van der Waals surface area contributed by atoms with Gasteiger partial charge in [-0.25, -0.2) is 12.7 Å². The number of hydrogen-bond donors (Lipinski definition) is 1. The Morgan fingerprint density at radius 3 is 2.40 bits per heavy atom. The van der Waals surface area contributed by atoms with Crippen LogP contribution in [-0.4, -0.2) is 63.8 Å². The lowest BCUT2D eigenvalue weighted by Gasteiger charge is -2.39. The Bertz CT molecular complexity index is 685. The predicted octanol–water partition coefficient (Wildman–Crippen LogP) is 1.28. The monoisotopic (exact) mass is 390 g/mol. The minimum Gasteiger partial charge on any atom is -0.484 e. The number of nitrogens with zero attached hydrogens (tertiary/aromatic N) is 1. The molecule has 0 bridgehead atoms. The highest BCUT2D eigenvalue weighted by atomic mass is 35.5. The number of benzene rings is 1. The minimum atomic E-state index is -3.20. The van der Waals surface area contributed by atoms with Gasteiger partial charge in [0.25, 0.3) is 5.91 Å². The quantitative estimate of drug-likeness (QED) is 0.758. The van der Waals surface area contributed by atoms with Crippen LogP contribution >= 0.6 is 11.6 Å². The second kappa shape index (κ2) is 8.35. The van der Waals surface area contributed by atoms with E-state index < -0.39 is 15.6 Å². The van der Waals surface area contributed by atoms with Crippen molar-refractivity contribution >= 4 is 27.5 Å². The number of amides is 1. The van der Waals surface area contributed by atoms with Crippen molar-refractivity contribution in [1.82, 2.24) is 9.62 Å². The summed E-state index contributed by atoms with van der Waals surface area (Å²) in [5.41, 5.74) is -0.558. The van der Waals surface area contributed by atoms with Crippen molar-refractivity contribution in [2.45, 2.75) is 18.4 Å². The lowest BCUT2D eigenvalue weighted by molar-refractivity contribution is -0.125. The van der Waals surface area contributed by atoms with Crippen LogP contribution in [0.3, 0.4) is 0 Å². The molecule has 1 aliphatic heterocycles. The van der Waals surface area contributed by atoms with Gasteiger partial charge < -0.3 is 14.8 Å². The molecule has 0 saturated carbocycles. The summed E-state index contributed by atoms with van der Waals surface area (Å²) in [6.07, 6.45) is 2.24. The van der Waals surface area contributed by atoms with E-state index in [4.69, 9.17) is 21.1 Å². The molecule has 1 fully saturated rings. The first-order valence-electron chi connectivity index (χ1n) is 7.89. The molecule has 1 aromatic rings. The van der Waals surface area contributed by atoms with Gasteiger partial charge in [0, 0.05) is 31.8 Å². The van der Waals surface area contributed by atoms with E-state index in [1.807, 2.05) is 0 Å². The van der Waals surface area contributed by atoms with Gasteiger partial charge in [-0.3, -0.25) is 4.79 Å². The zero-order chi connectivity index (χ0) is 18.5. The van der Waals surface area contributed by atoms with Gasteiger partial charge in [0.05, 0.1) is 11.9 Å². The lowest BCUT2D eigenvalue weighted by Crippen LogP contribution is -2.53. The first-order valence-corrected chi connectivity index (χ1v) is 10.1. The van der Waals surface area contributed by atoms with E-state index in [2.05, 4.69) is 5.32 Å². The molecule has 25 heavy (non-hydrogen) atoms. The molecule has 1 heterocycles. The van der Waals surface area contributed by atoms with Crippen molar-refractivity contribution in [2.24, 2.45) is 0 Å². The maximum Gasteiger partial charge on any atom is 0.258 e. The molecule has 1 N–H and O–H groups in total. The van der Waals surface area contributed by atoms with Gasteiger partial charge in [0.2, 0.25) is 10.0 Å². The fourth-order valence-electron chi connectivity index (χ4n) is 2.67. The molecule has 0 aromatic heterocycles. The van der Waals surface area contributed by atoms with Crippen LogP contribution < -0.4 is 10.1 Å². The Morgan fingerprint density at radius 2 is 1.88 bits per heavy atom. The highest BCUT2D eigenvalue weighted by Crippen LogP contribution is 2.26. The molecule has 1 aromatic carbocycles. The number of carbonyl (C=O) groups is 1. The number of carbonyl (C=O) groups excluding carboxylic acids is 1. The molecule has 140 valence electrons. The maximum atomic E-state index is 12.0. The third-order valence-corrected chi connectivity index (χ3v) is 5.88. The van der Waals surface area contributed by atoms with E-state index in [1.165, 1.54) is 10.6 Å². The number of piperidine rings is 1. The third kappa shape index (κ3) is 5.85. The zero-order valence-corrected chi connectivity index (χ0v) is 15.9. The molecular formula is C16H23ClN2O5S. The fraction of sp³-hybridized carbons (Fsp3) is 0.562. The second-order valence-corrected chi connectivity index (χ2v) is 8.49. The van der Waals surface area contributed by atoms with Crippen LogP contribution in [0.2, 0.25) is 5.02 Å². The van der Waals surface area contributed by atoms with Crippen molar-refractivity contribution in [1.29, 1.82) is 0 Å². The highest BCUT2D eigenvalue weighted by Gasteiger charge is 2.37. The third-order valence-electron chi connectivity index (χ3n) is 4.33. The summed E-state index contributed by atoms with van der Waals surface area (Å²) < 4.78 is 35.6. The van der Waals surface area contributed by atoms with Gasteiger partial charge in [0.1, 0.15) is 5.75 Å². The van der Waals surface area contributed by atoms with Gasteiger partial charge in [0.15, 0.2) is 6.61 Å². The maximum absolute atomic E-state index is 12.0. The van der Waals surface area contributed by atoms with Crippen LogP contribution in [0.5, 0.6) is 5.75 Å². The van der Waals surface area contributed by atoms with E-state index in [1.54, 1.807) is 31.4 Å². The second-order valence-electron chi connectivity index (χ2n) is 6.07. The van der Waals surface area contributed by atoms with Gasteiger partial charge in [-0.1, -0.05) is 11.6 Å². The summed E-state index contributed by atoms with van der Waals surface area (Å²) in [7, 11) is -1.62. The Kier molecular flexibility index (Phi) is 6.67. The van der Waals surface area contributed by atoms with Gasteiger partial charge in [-0.2, -0.15) is 0 Å². The smallest absolute Gasteiger partial charge is 0.258 e. The van der Waals surface area contributed by atoms with Crippen LogP contribution in [0.25, 0.3) is 0 Å². The van der Waals surface area contributed by atoms with E-state index in [0.29, 0.717) is 43.2 Å². The standard InChI is InChI=1S/C16H23ClN2O5S/c1-23-16(7-9-19(10-8-16)25(2,21)22)12-18-15(20)11-24-14-5-3-13(17)4-6-14/h3-6H,7-12H2,1-2H3,(H,18,20). The molecule has 1 amide bonds. The van der Waals surface area contributed by atoms with Crippen LogP contribution in [0.15, 0.2) is 24.3 Å². The molecule has 0 radical (unpaired) electrons. The summed E-state index contributed by atoms with van der Waals surface area (Å²) in [6, 6.07) is 6.74. The number of rotatable bonds is 7. The van der Waals surface area contributed by atoms with E-state index in [-0.39, 0.29) is 12.5 Å². The molecule has 0 atom stereocenters. The Balaban J connectivity index is 1.80. The first-order chi connectivity index (χ1) is 11.7. The van der Waals surface area contributed by atoms with Crippen LogP contribution in [-0.2, 0) is 19.6 Å². The zero-order valence-electron chi connectivity index (χ0n) is 14.3. The Labute approximate surface area is 153 Å². The largest absolute Gasteiger partial charge is 0.484 e. The van der Waals surface area contributed by atoms with Crippen molar-refractivity contribution < 1.29 is 22.7 Å². The van der Waals surface area contributed by atoms with Crippen LogP contribution in [0.1, 0.15) is 12.8 Å². The molecule has 0 unspecified atom stereocenters. The van der Waals surface area contributed by atoms with Crippen LogP contribution in [0, 0.1) is 0 Å². The molecule has 1 aliphatic rings. The predicted molar refractivity (Wildman–Crippen MR) is 95.3 cm³/mol. The van der Waals surface area contributed by atoms with Gasteiger partial charge in [-0.05, 0) is 37.1 Å². The molecule has 0 spiro atoms. The lowest BCUT2D eigenvalue weighted by atomic mass is 9.92. The van der Waals surface area contributed by atoms with Crippen LogP contribution in [0.4, 0.5) is 0 Å². The Hall–Kier alpha value is -1.35. The molecule has 7 nitrogen and oxygen atoms in total. The summed E-state index contributed by atoms with van der Waals surface area (Å²) in [6.45, 7) is 0.953. The molecule has 2 rings (SSSR count). The summed E-state index contributed by atoms with van der Waals surface area (Å²) in [5.74, 6) is 0.291. The Morgan fingerprint density at radius 1 is 1.28 bits per heavy atom. The topological polar surface area (TPSA) is 84.9 Å². The SMILES string of the molecule is COC1(CNC(=O)COc2ccc(Cl)cc2)CCN(S(C)(=O)=O)CC1. The molecule has 1 saturated heterocycles. The summed E-state index contributed by atoms with van der Waals surface area (Å²) in [5, 5.41) is 3.39. The van der Waals surface area contributed by atoms with Crippen molar-refractivity contribution in [2.75, 3.05) is 39.6 Å². The summed E-state index contributed by atoms with van der Waals surface area (Å²) >= 11 is 5.79. The summed E-state index contributed by atoms with van der Waals surface area (Å²) in [4.78, 5) is 12.0. The van der Waals surface area contributed by atoms with Crippen molar-refractivity contribution in [3.05, 3.63) is 29.3 Å².